The lowest BCUT2D eigenvalue weighted by molar-refractivity contribution is 0.225. The molecule has 0 spiro atoms. The van der Waals surface area contributed by atoms with E-state index in [9.17, 15) is 8.76 Å². The molecule has 1 aliphatic rings. The SMILES string of the molecule is COc1ccc2c(c1S(=O)O)OCC(C)C2. The Hall–Kier alpha value is -1.07. The number of hydrogen-bond acceptors (Lipinski definition) is 3. The van der Waals surface area contributed by atoms with E-state index in [4.69, 9.17) is 9.47 Å². The summed E-state index contributed by atoms with van der Waals surface area (Å²) >= 11 is -2.09. The fourth-order valence-corrected chi connectivity index (χ4v) is 2.56. The second kappa shape index (κ2) is 4.43. The number of benzene rings is 1. The fourth-order valence-electron chi connectivity index (χ4n) is 1.89. The molecule has 1 heterocycles. The van der Waals surface area contributed by atoms with Crippen molar-refractivity contribution in [2.24, 2.45) is 5.92 Å². The van der Waals surface area contributed by atoms with E-state index in [1.165, 1.54) is 7.11 Å². The second-order valence-electron chi connectivity index (χ2n) is 3.95. The Kier molecular flexibility index (Phi) is 3.16. The molecule has 0 fully saturated rings. The number of ether oxygens (including phenoxy) is 2. The molecular formula is C11H14O4S. The highest BCUT2D eigenvalue weighted by atomic mass is 32.2. The monoisotopic (exact) mass is 242 g/mol. The maximum atomic E-state index is 11.3. The predicted octanol–water partition coefficient (Wildman–Crippen LogP) is 1.85. The first kappa shape index (κ1) is 11.4. The molecule has 0 aliphatic carbocycles. The lowest BCUT2D eigenvalue weighted by Gasteiger charge is -2.24. The molecular weight excluding hydrogens is 228 g/mol. The molecule has 0 saturated carbocycles. The van der Waals surface area contributed by atoms with Gasteiger partial charge in [0.2, 0.25) is 0 Å². The molecule has 16 heavy (non-hydrogen) atoms. The molecule has 1 N–H and O–H groups in total. The highest BCUT2D eigenvalue weighted by molar-refractivity contribution is 7.79. The summed E-state index contributed by atoms with van der Waals surface area (Å²) in [6, 6.07) is 3.60. The summed E-state index contributed by atoms with van der Waals surface area (Å²) in [4.78, 5) is 0.243. The minimum absolute atomic E-state index is 0.243. The normalized spacial score (nSPS) is 20.8. The molecule has 2 rings (SSSR count). The molecule has 4 nitrogen and oxygen atoms in total. The number of rotatable bonds is 2. The van der Waals surface area contributed by atoms with Crippen LogP contribution in [0.25, 0.3) is 0 Å². The summed E-state index contributed by atoms with van der Waals surface area (Å²) in [6.07, 6.45) is 0.865. The standard InChI is InChI=1S/C11H14O4S/c1-7-5-8-3-4-9(14-2)11(16(12)13)10(8)15-6-7/h3-4,7H,5-6H2,1-2H3,(H,12,13). The quantitative estimate of drug-likeness (QED) is 0.804. The van der Waals surface area contributed by atoms with Crippen molar-refractivity contribution >= 4 is 11.1 Å². The van der Waals surface area contributed by atoms with Crippen molar-refractivity contribution in [1.29, 1.82) is 0 Å². The van der Waals surface area contributed by atoms with Crippen LogP contribution in [-0.2, 0) is 17.5 Å². The van der Waals surface area contributed by atoms with E-state index >= 15 is 0 Å². The van der Waals surface area contributed by atoms with Crippen LogP contribution < -0.4 is 9.47 Å². The van der Waals surface area contributed by atoms with Gasteiger partial charge in [0.15, 0.2) is 16.0 Å². The van der Waals surface area contributed by atoms with Gasteiger partial charge >= 0.3 is 0 Å². The van der Waals surface area contributed by atoms with Crippen molar-refractivity contribution in [3.05, 3.63) is 17.7 Å². The van der Waals surface area contributed by atoms with Gasteiger partial charge in [-0.1, -0.05) is 13.0 Å². The van der Waals surface area contributed by atoms with Crippen LogP contribution in [0.15, 0.2) is 17.0 Å². The van der Waals surface area contributed by atoms with E-state index in [-0.39, 0.29) is 4.90 Å². The van der Waals surface area contributed by atoms with Crippen LogP contribution in [0.4, 0.5) is 0 Å². The Morgan fingerprint density at radius 1 is 1.56 bits per heavy atom. The zero-order valence-corrected chi connectivity index (χ0v) is 10.0. The Labute approximate surface area is 96.9 Å². The topological polar surface area (TPSA) is 55.8 Å². The minimum Gasteiger partial charge on any atom is -0.495 e. The smallest absolute Gasteiger partial charge is 0.194 e. The second-order valence-corrected chi connectivity index (χ2v) is 4.86. The summed E-state index contributed by atoms with van der Waals surface area (Å²) < 4.78 is 31.2. The van der Waals surface area contributed by atoms with Gasteiger partial charge in [0.25, 0.3) is 0 Å². The van der Waals surface area contributed by atoms with E-state index in [2.05, 4.69) is 6.92 Å². The lowest BCUT2D eigenvalue weighted by Crippen LogP contribution is -2.19. The largest absolute Gasteiger partial charge is 0.495 e. The molecule has 1 aliphatic heterocycles. The van der Waals surface area contributed by atoms with Crippen molar-refractivity contribution in [3.8, 4) is 11.5 Å². The molecule has 5 heteroatoms. The zero-order chi connectivity index (χ0) is 11.7. The average Bonchev–Trinajstić information content (AvgIpc) is 2.26. The first-order valence-corrected chi connectivity index (χ1v) is 6.17. The molecule has 88 valence electrons. The van der Waals surface area contributed by atoms with Gasteiger partial charge in [-0.2, -0.15) is 0 Å². The molecule has 0 radical (unpaired) electrons. The molecule has 0 bridgehead atoms. The Morgan fingerprint density at radius 3 is 2.94 bits per heavy atom. The molecule has 0 saturated heterocycles. The number of fused-ring (bicyclic) bond motifs is 1. The lowest BCUT2D eigenvalue weighted by atomic mass is 9.98. The first-order chi connectivity index (χ1) is 7.63. The van der Waals surface area contributed by atoms with Gasteiger partial charge in [-0.05, 0) is 24.0 Å². The van der Waals surface area contributed by atoms with Gasteiger partial charge in [-0.25, -0.2) is 4.21 Å². The van der Waals surface area contributed by atoms with Gasteiger partial charge in [-0.15, -0.1) is 0 Å². The van der Waals surface area contributed by atoms with Crippen molar-refractivity contribution in [1.82, 2.24) is 0 Å². The van der Waals surface area contributed by atoms with Crippen LogP contribution in [-0.4, -0.2) is 22.5 Å². The van der Waals surface area contributed by atoms with Crippen molar-refractivity contribution in [3.63, 3.8) is 0 Å². The molecule has 2 atom stereocenters. The van der Waals surface area contributed by atoms with Crippen molar-refractivity contribution in [2.75, 3.05) is 13.7 Å². The van der Waals surface area contributed by atoms with Crippen LogP contribution in [0.3, 0.4) is 0 Å². The summed E-state index contributed by atoms with van der Waals surface area (Å²) in [5.74, 6) is 1.34. The third-order valence-electron chi connectivity index (χ3n) is 2.63. The molecule has 1 aromatic rings. The van der Waals surface area contributed by atoms with Crippen molar-refractivity contribution < 1.29 is 18.2 Å². The average molecular weight is 242 g/mol. The summed E-state index contributed by atoms with van der Waals surface area (Å²) in [5, 5.41) is 0. The highest BCUT2D eigenvalue weighted by Crippen LogP contribution is 2.38. The third kappa shape index (κ3) is 1.92. The maximum absolute atomic E-state index is 11.3. The van der Waals surface area contributed by atoms with E-state index in [0.29, 0.717) is 24.0 Å². The van der Waals surface area contributed by atoms with Crippen LogP contribution in [0, 0.1) is 5.92 Å². The van der Waals surface area contributed by atoms with E-state index in [1.807, 2.05) is 6.07 Å². The van der Waals surface area contributed by atoms with E-state index in [1.54, 1.807) is 6.07 Å². The van der Waals surface area contributed by atoms with Crippen LogP contribution in [0.5, 0.6) is 11.5 Å². The van der Waals surface area contributed by atoms with Crippen molar-refractivity contribution in [2.45, 2.75) is 18.2 Å². The van der Waals surface area contributed by atoms with Gasteiger partial charge < -0.3 is 14.0 Å². The molecule has 2 unspecified atom stereocenters. The summed E-state index contributed by atoms with van der Waals surface area (Å²) in [7, 11) is 1.48. The predicted molar refractivity (Wildman–Crippen MR) is 60.4 cm³/mol. The maximum Gasteiger partial charge on any atom is 0.194 e. The summed E-state index contributed by atoms with van der Waals surface area (Å²) in [6.45, 7) is 2.66. The Balaban J connectivity index is 2.55. The Bertz CT molecular complexity index is 430. The Morgan fingerprint density at radius 2 is 2.31 bits per heavy atom. The van der Waals surface area contributed by atoms with Gasteiger partial charge in [0.1, 0.15) is 11.5 Å². The van der Waals surface area contributed by atoms with Crippen LogP contribution in [0.2, 0.25) is 0 Å². The first-order valence-electron chi connectivity index (χ1n) is 5.07. The minimum atomic E-state index is -2.09. The fraction of sp³-hybridized carbons (Fsp3) is 0.455. The molecule has 1 aromatic carbocycles. The zero-order valence-electron chi connectivity index (χ0n) is 9.23. The van der Waals surface area contributed by atoms with Gasteiger partial charge in [-0.3, -0.25) is 0 Å². The third-order valence-corrected chi connectivity index (χ3v) is 3.37. The van der Waals surface area contributed by atoms with E-state index < -0.39 is 11.1 Å². The van der Waals surface area contributed by atoms with E-state index in [0.717, 1.165) is 12.0 Å². The highest BCUT2D eigenvalue weighted by Gasteiger charge is 2.24. The molecule has 0 aromatic heterocycles. The number of methoxy groups -OCH3 is 1. The van der Waals surface area contributed by atoms with Crippen LogP contribution in [0.1, 0.15) is 12.5 Å². The van der Waals surface area contributed by atoms with Gasteiger partial charge in [0.05, 0.1) is 13.7 Å². The van der Waals surface area contributed by atoms with Gasteiger partial charge in [0, 0.05) is 0 Å². The molecule has 0 amide bonds. The van der Waals surface area contributed by atoms with Crippen LogP contribution >= 0.6 is 0 Å². The summed E-state index contributed by atoms with van der Waals surface area (Å²) in [5.41, 5.74) is 0.969. The number of hydrogen-bond donors (Lipinski definition) is 1.